The highest BCUT2D eigenvalue weighted by Gasteiger charge is 2.29. The van der Waals surface area contributed by atoms with E-state index >= 15 is 0 Å². The Kier molecular flexibility index (Phi) is 14.8. The van der Waals surface area contributed by atoms with Gasteiger partial charge in [-0.25, -0.2) is 21.5 Å². The van der Waals surface area contributed by atoms with E-state index in [9.17, 15) is 45.6 Å². The van der Waals surface area contributed by atoms with E-state index in [-0.39, 0.29) is 51.3 Å². The summed E-state index contributed by atoms with van der Waals surface area (Å²) in [7, 11) is 0. The van der Waals surface area contributed by atoms with Crippen molar-refractivity contribution in [3.63, 3.8) is 0 Å². The van der Waals surface area contributed by atoms with Crippen molar-refractivity contribution >= 4 is 29.2 Å². The number of carboxylic acid groups (broad SMARTS) is 2. The Morgan fingerprint density at radius 2 is 1.45 bits per heavy atom. The molecule has 1 unspecified atom stereocenters. The van der Waals surface area contributed by atoms with Crippen LogP contribution in [0.25, 0.3) is 20.8 Å². The highest BCUT2D eigenvalue weighted by atomic mass is 16.6. The number of allylic oxidation sites excluding steroid dienone is 12. The van der Waals surface area contributed by atoms with E-state index in [1.165, 1.54) is 60.7 Å². The van der Waals surface area contributed by atoms with Crippen molar-refractivity contribution in [3.05, 3.63) is 164 Å². The molecule has 1 saturated heterocycles. The summed E-state index contributed by atoms with van der Waals surface area (Å²) in [6.07, 6.45) is 10.5. The number of amides is 1. The molecular formula is C44H32N8O6-2. The second-order valence-corrected chi connectivity index (χ2v) is 12.4. The van der Waals surface area contributed by atoms with Crippen LogP contribution in [-0.2, 0) is 4.74 Å². The molecule has 0 bridgehead atoms. The molecule has 1 aliphatic carbocycles. The molecule has 2 aromatic rings. The zero-order valence-corrected chi connectivity index (χ0v) is 31.1. The number of carbonyl (C=O) groups is 3. The first-order valence-electron chi connectivity index (χ1n) is 17.7. The summed E-state index contributed by atoms with van der Waals surface area (Å²) in [5.41, 5.74) is 2.78. The molecule has 1 heterocycles. The average molecular weight is 769 g/mol. The molecular weight excluding hydrogens is 737 g/mol. The molecule has 2 aliphatic rings. The zero-order valence-electron chi connectivity index (χ0n) is 31.1. The van der Waals surface area contributed by atoms with Gasteiger partial charge in [-0.05, 0) is 65.3 Å². The van der Waals surface area contributed by atoms with Crippen LogP contribution in [-0.4, -0.2) is 66.7 Å². The van der Waals surface area contributed by atoms with Crippen molar-refractivity contribution in [2.45, 2.75) is 25.8 Å². The van der Waals surface area contributed by atoms with E-state index in [4.69, 9.17) is 17.9 Å². The van der Waals surface area contributed by atoms with Gasteiger partial charge in [0.2, 0.25) is 0 Å². The number of carboxylic acids is 2. The van der Waals surface area contributed by atoms with Gasteiger partial charge in [-0.3, -0.25) is 4.85 Å². The van der Waals surface area contributed by atoms with E-state index in [1.807, 2.05) is 24.3 Å². The Morgan fingerprint density at radius 1 is 0.845 bits per heavy atom. The normalized spacial score (nSPS) is 16.3. The van der Waals surface area contributed by atoms with Crippen molar-refractivity contribution < 1.29 is 29.3 Å². The van der Waals surface area contributed by atoms with Crippen LogP contribution in [0.4, 0.5) is 4.79 Å². The summed E-state index contributed by atoms with van der Waals surface area (Å²) in [6.45, 7) is 18.8. The zero-order chi connectivity index (χ0) is 42.2. The monoisotopic (exact) mass is 768 g/mol. The van der Waals surface area contributed by atoms with Gasteiger partial charge < -0.3 is 34.3 Å². The number of nitrogens with zero attached hydrogens (tertiary/aromatic N) is 8. The number of ether oxygens (including phenoxy) is 1. The van der Waals surface area contributed by atoms with Crippen LogP contribution < -0.4 is 10.2 Å². The van der Waals surface area contributed by atoms with Crippen LogP contribution in [0.1, 0.15) is 51.6 Å². The first-order chi connectivity index (χ1) is 28.0. The summed E-state index contributed by atoms with van der Waals surface area (Å²) in [4.78, 5) is 45.4. The van der Waals surface area contributed by atoms with E-state index < -0.39 is 24.1 Å². The number of carbonyl (C=O) groups excluding carboxylic acids is 3. The third-order valence-corrected chi connectivity index (χ3v) is 9.14. The van der Waals surface area contributed by atoms with Crippen molar-refractivity contribution in [1.29, 1.82) is 21.0 Å². The Balaban J connectivity index is 1.79. The molecule has 14 heteroatoms. The molecule has 14 nitrogen and oxygen atoms in total. The number of aromatic carboxylic acids is 2. The first-order valence-corrected chi connectivity index (χ1v) is 17.7. The number of piperazine rings is 1. The van der Waals surface area contributed by atoms with Gasteiger partial charge in [0, 0.05) is 37.4 Å². The number of hydrogen-bond donors (Lipinski definition) is 0. The Bertz CT molecular complexity index is 2420. The lowest BCUT2D eigenvalue weighted by atomic mass is 9.93. The van der Waals surface area contributed by atoms with Crippen LogP contribution in [0.3, 0.4) is 0 Å². The number of nitriles is 4. The molecule has 0 radical (unpaired) electrons. The average Bonchev–Trinajstić information content (AvgIpc) is 3.65. The van der Waals surface area contributed by atoms with Gasteiger partial charge in [0.25, 0.3) is 5.70 Å². The fraction of sp³-hybridized carbons (Fsp3) is 0.205. The van der Waals surface area contributed by atoms with Crippen LogP contribution in [0.5, 0.6) is 0 Å². The summed E-state index contributed by atoms with van der Waals surface area (Å²) in [6, 6.07) is 17.1. The fourth-order valence-electron chi connectivity index (χ4n) is 6.39. The standard InChI is InChI=1S/C44H34N8O6/c1-4-58-44(57)52-23-21-51(22-24-52)41-31(7-5-9-35(25-45)39(37(27-47)49-2)29-11-17-33(18-12-29)42(53)54)15-16-32(41)8-6-10-36(26-46)40(38(28-48)50-3)30-13-19-34(20-14-30)43(55)56/h5-14,17-20,37H,4,15-16,21-24H2,1H3,(H,53,54)(H,55,56)/p-2/b8-6+,9-5+,31-7+,36-10+,39-35+,40-38+. The van der Waals surface area contributed by atoms with Crippen molar-refractivity contribution in [2.75, 3.05) is 32.8 Å². The van der Waals surface area contributed by atoms with Crippen LogP contribution in [0.15, 0.2) is 119 Å². The third-order valence-electron chi connectivity index (χ3n) is 9.14. The molecule has 286 valence electrons. The fourth-order valence-corrected chi connectivity index (χ4v) is 6.39. The Labute approximate surface area is 335 Å². The Morgan fingerprint density at radius 3 is 1.95 bits per heavy atom. The smallest absolute Gasteiger partial charge is 0.409 e. The van der Waals surface area contributed by atoms with Crippen LogP contribution >= 0.6 is 0 Å². The second-order valence-electron chi connectivity index (χ2n) is 12.4. The van der Waals surface area contributed by atoms with Crippen molar-refractivity contribution in [2.24, 2.45) is 0 Å². The van der Waals surface area contributed by atoms with Gasteiger partial charge in [0.15, 0.2) is 6.07 Å². The molecule has 0 saturated carbocycles. The second kappa shape index (κ2) is 20.3. The largest absolute Gasteiger partial charge is 0.545 e. The van der Waals surface area contributed by atoms with Gasteiger partial charge in [0.05, 0.1) is 60.0 Å². The maximum atomic E-state index is 12.5. The Hall–Kier alpha value is -8.43. The van der Waals surface area contributed by atoms with Crippen molar-refractivity contribution in [1.82, 2.24) is 9.80 Å². The van der Waals surface area contributed by atoms with Crippen LogP contribution in [0, 0.1) is 58.5 Å². The molecule has 1 aliphatic heterocycles. The van der Waals surface area contributed by atoms with E-state index in [2.05, 4.69) is 20.7 Å². The predicted octanol–water partition coefficient (Wildman–Crippen LogP) is 4.67. The number of benzene rings is 2. The van der Waals surface area contributed by atoms with Gasteiger partial charge in [-0.1, -0.05) is 72.8 Å². The topological polar surface area (TPSA) is 217 Å². The maximum Gasteiger partial charge on any atom is 0.409 e. The summed E-state index contributed by atoms with van der Waals surface area (Å²) < 4.78 is 5.18. The van der Waals surface area contributed by atoms with Gasteiger partial charge in [-0.15, -0.1) is 0 Å². The molecule has 4 rings (SSSR count). The lowest BCUT2D eigenvalue weighted by Gasteiger charge is -2.37. The number of hydrogen-bond acceptors (Lipinski definition) is 11. The van der Waals surface area contributed by atoms with Crippen LogP contribution in [0.2, 0.25) is 0 Å². The van der Waals surface area contributed by atoms with E-state index in [0.29, 0.717) is 44.6 Å². The third kappa shape index (κ3) is 10.0. The van der Waals surface area contributed by atoms with E-state index in [1.54, 1.807) is 30.1 Å². The van der Waals surface area contributed by atoms with Gasteiger partial charge in [0.1, 0.15) is 0 Å². The minimum Gasteiger partial charge on any atom is -0.545 e. The molecule has 2 aromatic carbocycles. The highest BCUT2D eigenvalue weighted by molar-refractivity contribution is 5.91. The highest BCUT2D eigenvalue weighted by Crippen LogP contribution is 2.36. The molecule has 1 amide bonds. The van der Waals surface area contributed by atoms with E-state index in [0.717, 1.165) is 16.8 Å². The van der Waals surface area contributed by atoms with Gasteiger partial charge >= 0.3 is 12.1 Å². The summed E-state index contributed by atoms with van der Waals surface area (Å²) >= 11 is 0. The molecule has 0 spiro atoms. The molecule has 58 heavy (non-hydrogen) atoms. The lowest BCUT2D eigenvalue weighted by molar-refractivity contribution is -0.256. The summed E-state index contributed by atoms with van der Waals surface area (Å²) in [5, 5.41) is 62.4. The quantitative estimate of drug-likeness (QED) is 0.164. The maximum absolute atomic E-state index is 12.5. The molecule has 1 fully saturated rings. The predicted molar refractivity (Wildman–Crippen MR) is 206 cm³/mol. The number of rotatable bonds is 12. The summed E-state index contributed by atoms with van der Waals surface area (Å²) in [5.74, 6) is -2.81. The lowest BCUT2D eigenvalue weighted by Crippen LogP contribution is -2.48. The molecule has 1 atom stereocenters. The SMILES string of the molecule is [C-]#[N+]/C(C#N)=C(/C(C#N)=C/C=C/C1=C(N2CCN(C(=O)OCC)CC2)C(=C/C=C/C(C#N)=C(/c2ccc(C(=O)[O-])cc2)C(C#N)[N+]#[C-])/CC1)c1ccc(C(=O)[O-])cc1. The molecule has 0 aromatic heterocycles. The van der Waals surface area contributed by atoms with Crippen molar-refractivity contribution in [3.8, 4) is 24.3 Å². The minimum absolute atomic E-state index is 0.0112. The minimum atomic E-state index is -1.41. The van der Waals surface area contributed by atoms with Gasteiger partial charge in [-0.2, -0.15) is 15.8 Å². The molecule has 0 N–H and O–H groups in total. The first kappa shape index (κ1) is 42.3.